The number of benzene rings is 6. The van der Waals surface area contributed by atoms with Gasteiger partial charge in [-0.15, -0.1) is 23.5 Å². The molecule has 0 heterocycles. The number of hydrogen-bond donors (Lipinski definition) is 5. The number of aromatic carboxylic acids is 1. The lowest BCUT2D eigenvalue weighted by Gasteiger charge is -2.24. The summed E-state index contributed by atoms with van der Waals surface area (Å²) in [5.74, 6) is -0.943. The molecule has 8 N–H and O–H groups in total. The van der Waals surface area contributed by atoms with Crippen molar-refractivity contribution < 1.29 is 55.3 Å². The molecular weight excluding hydrogens is 1220 g/mol. The molecule has 2 atom stereocenters. The molecule has 2 unspecified atom stereocenters. The average molecular weight is 1290 g/mol. The molecule has 0 aromatic heterocycles. The van der Waals surface area contributed by atoms with Crippen LogP contribution in [-0.4, -0.2) is 142 Å². The summed E-state index contributed by atoms with van der Waals surface area (Å²) < 4.78 is 59.8. The zero-order valence-electron chi connectivity index (χ0n) is 48.8. The second kappa shape index (κ2) is 37.0. The summed E-state index contributed by atoms with van der Waals surface area (Å²) in [7, 11) is 4.13. The quantitative estimate of drug-likeness (QED) is 0.0270. The van der Waals surface area contributed by atoms with E-state index in [1.54, 1.807) is 56.8 Å². The number of hydrogen-bond acceptors (Lipinski definition) is 17. The summed E-state index contributed by atoms with van der Waals surface area (Å²) in [6.07, 6.45) is 1.90. The van der Waals surface area contributed by atoms with Crippen molar-refractivity contribution in [2.24, 2.45) is 16.0 Å². The number of halogens is 3. The number of nitrogens with one attached hydrogen (secondary N) is 1. The number of rotatable bonds is 20. The van der Waals surface area contributed by atoms with Gasteiger partial charge in [0.05, 0.1) is 74.1 Å². The van der Waals surface area contributed by atoms with Crippen LogP contribution in [0.5, 0.6) is 0 Å². The molecule has 0 saturated heterocycles. The van der Waals surface area contributed by atoms with Gasteiger partial charge in [0.2, 0.25) is 20.0 Å². The van der Waals surface area contributed by atoms with Crippen molar-refractivity contribution in [1.29, 1.82) is 0 Å². The van der Waals surface area contributed by atoms with Crippen LogP contribution in [0.3, 0.4) is 0 Å². The van der Waals surface area contributed by atoms with Gasteiger partial charge in [0.25, 0.3) is 0 Å². The third-order valence-electron chi connectivity index (χ3n) is 11.6. The van der Waals surface area contributed by atoms with E-state index in [0.29, 0.717) is 32.4 Å². The van der Waals surface area contributed by atoms with Gasteiger partial charge in [0, 0.05) is 33.4 Å². The first-order chi connectivity index (χ1) is 39.4. The first-order valence-electron chi connectivity index (χ1n) is 25.5. The molecule has 0 saturated carbocycles. The molecule has 0 spiro atoms. The van der Waals surface area contributed by atoms with Crippen molar-refractivity contribution in [3.63, 3.8) is 0 Å². The minimum Gasteiger partial charge on any atom is -0.478 e. The predicted octanol–water partition coefficient (Wildman–Crippen LogP) is 10.9. The molecular formula is C59H75Cl3N6O12S4. The van der Waals surface area contributed by atoms with Crippen LogP contribution >= 0.6 is 58.3 Å². The Kier molecular flexibility index (Phi) is 32.7. The van der Waals surface area contributed by atoms with Crippen LogP contribution in [0.15, 0.2) is 141 Å². The molecule has 0 aliphatic carbocycles. The lowest BCUT2D eigenvalue weighted by Crippen LogP contribution is -2.29. The Bertz CT molecular complexity index is 3350. The smallest absolute Gasteiger partial charge is 0.340 e. The Balaban J connectivity index is 0.000000381. The number of carbonyl (C=O) groups excluding carboxylic acids is 3. The van der Waals surface area contributed by atoms with E-state index >= 15 is 0 Å². The third kappa shape index (κ3) is 26.3. The number of methoxy groups -OCH3 is 3. The van der Waals surface area contributed by atoms with E-state index in [1.807, 2.05) is 63.1 Å². The number of carbonyl (C=O) groups is 4. The molecule has 458 valence electrons. The minimum absolute atomic E-state index is 0.0202. The summed E-state index contributed by atoms with van der Waals surface area (Å²) in [6.45, 7) is 8.86. The highest BCUT2D eigenvalue weighted by Crippen LogP contribution is 2.30. The Morgan fingerprint density at radius 1 is 0.536 bits per heavy atom. The number of carboxylic acids is 1. The van der Waals surface area contributed by atoms with Crippen LogP contribution in [0.2, 0.25) is 15.1 Å². The first-order valence-corrected chi connectivity index (χ1v) is 31.7. The number of thioether (sulfide) groups is 2. The van der Waals surface area contributed by atoms with Gasteiger partial charge in [-0.2, -0.15) is 0 Å². The number of primary sulfonamides is 2. The van der Waals surface area contributed by atoms with Crippen LogP contribution in [-0.2, 0) is 34.3 Å². The van der Waals surface area contributed by atoms with E-state index in [0.717, 1.165) is 59.5 Å². The van der Waals surface area contributed by atoms with Crippen LogP contribution in [0.25, 0.3) is 0 Å². The fourth-order valence-electron chi connectivity index (χ4n) is 7.02. The van der Waals surface area contributed by atoms with Crippen LogP contribution in [0.4, 0.5) is 5.69 Å². The largest absolute Gasteiger partial charge is 0.478 e. The molecule has 84 heavy (non-hydrogen) atoms. The molecule has 6 aromatic rings. The number of nitrogens with zero attached hydrogens (tertiary/aromatic N) is 2. The molecule has 18 nitrogen and oxygen atoms in total. The molecule has 0 amide bonds. The Hall–Kier alpha value is -5.73. The van der Waals surface area contributed by atoms with Crippen molar-refractivity contribution in [2.45, 2.75) is 72.2 Å². The van der Waals surface area contributed by atoms with Gasteiger partial charge < -0.3 is 40.2 Å². The standard InChI is InChI=1S/C21H29N3O4S2.C12H20N2S.C9H10ClNO4S.C9H9ClO2.C8H7ClO2/c1-15-12-18(30(22,26)27)13-19(21(25)28-4)20(15)23-16(10-11-24(2)3)14-29-17-8-6-5-7-9-17;1-14(2)9-8-11(13)10-15-12-6-4-3-5-7-12;1-5-3-6(16(11,13)14)4-7(8(5)10)9(12)15-2;1-6-4-3-5-7(8(6)10)9(11)12-2;1-5-3-2-4-6(7(5)9)8(10)11/h5-9,12-13,16,23H,10-11,14H2,1-4H3,(H2,22,26,27);3-7,11H,8-10,13H2,1-2H3;3-4H,1-2H3,(H2,11,13,14);3-5H,1-2H3;2-4H,1H3,(H,10,11). The first kappa shape index (κ1) is 74.4. The number of sulfonamides is 2. The van der Waals surface area contributed by atoms with E-state index in [2.05, 4.69) is 75.1 Å². The van der Waals surface area contributed by atoms with Gasteiger partial charge in [-0.05, 0) is 165 Å². The van der Waals surface area contributed by atoms with Crippen molar-refractivity contribution in [3.8, 4) is 0 Å². The zero-order chi connectivity index (χ0) is 63.5. The highest BCUT2D eigenvalue weighted by atomic mass is 35.5. The molecule has 25 heteroatoms. The number of esters is 3. The van der Waals surface area contributed by atoms with Gasteiger partial charge in [-0.1, -0.05) is 95.5 Å². The highest BCUT2D eigenvalue weighted by Gasteiger charge is 2.23. The van der Waals surface area contributed by atoms with E-state index in [4.69, 9.17) is 60.7 Å². The Morgan fingerprint density at radius 2 is 0.929 bits per heavy atom. The maximum atomic E-state index is 12.4. The summed E-state index contributed by atoms with van der Waals surface area (Å²) in [6, 6.07) is 36.1. The minimum atomic E-state index is -3.95. The lowest BCUT2D eigenvalue weighted by atomic mass is 10.1. The van der Waals surface area contributed by atoms with E-state index in [-0.39, 0.29) is 43.6 Å². The van der Waals surface area contributed by atoms with E-state index in [1.165, 1.54) is 50.5 Å². The Morgan fingerprint density at radius 3 is 1.37 bits per heavy atom. The summed E-state index contributed by atoms with van der Waals surface area (Å²) >= 11 is 21.0. The van der Waals surface area contributed by atoms with E-state index < -0.39 is 43.9 Å². The van der Waals surface area contributed by atoms with Crippen LogP contribution in [0.1, 0.15) is 76.5 Å². The predicted molar refractivity (Wildman–Crippen MR) is 340 cm³/mol. The zero-order valence-corrected chi connectivity index (χ0v) is 54.3. The third-order valence-corrected chi connectivity index (χ3v) is 17.3. The molecule has 0 bridgehead atoms. The lowest BCUT2D eigenvalue weighted by molar-refractivity contribution is 0.0591. The van der Waals surface area contributed by atoms with Crippen LogP contribution in [0, 0.1) is 27.7 Å². The second-order valence-electron chi connectivity index (χ2n) is 19.0. The maximum absolute atomic E-state index is 12.4. The Labute approximate surface area is 518 Å². The number of ether oxygens (including phenoxy) is 3. The average Bonchev–Trinajstić information content (AvgIpc) is 3.41. The van der Waals surface area contributed by atoms with Crippen LogP contribution < -0.4 is 21.3 Å². The van der Waals surface area contributed by atoms with Crippen molar-refractivity contribution in [1.82, 2.24) is 9.80 Å². The SMILES string of the molecule is CN(C)CCC(N)CSc1ccccc1.COC(=O)c1cc(S(N)(=O)=O)cc(C)c1Cl.COC(=O)c1cc(S(N)(=O)=O)cc(C)c1NC(CCN(C)C)CSc1ccccc1.COC(=O)c1cccc(C)c1Cl.Cc1cccc(C(=O)O)c1Cl. The van der Waals surface area contributed by atoms with Gasteiger partial charge in [0.1, 0.15) is 0 Å². The molecule has 6 aromatic carbocycles. The summed E-state index contributed by atoms with van der Waals surface area (Å²) in [5, 5.41) is 23.2. The summed E-state index contributed by atoms with van der Waals surface area (Å²) in [5.41, 5.74) is 10.0. The van der Waals surface area contributed by atoms with Gasteiger partial charge >= 0.3 is 23.9 Å². The second-order valence-corrected chi connectivity index (χ2v) is 25.5. The van der Waals surface area contributed by atoms with Crippen molar-refractivity contribution >= 4 is 108 Å². The number of nitrogens with two attached hydrogens (primary N) is 3. The monoisotopic (exact) mass is 1290 g/mol. The maximum Gasteiger partial charge on any atom is 0.340 e. The number of aryl methyl sites for hydroxylation is 4. The summed E-state index contributed by atoms with van der Waals surface area (Å²) in [4.78, 5) is 51.7. The van der Waals surface area contributed by atoms with Gasteiger partial charge in [-0.3, -0.25) is 0 Å². The molecule has 0 radical (unpaired) electrons. The van der Waals surface area contributed by atoms with Gasteiger partial charge in [-0.25, -0.2) is 46.3 Å². The number of anilines is 1. The normalized spacial score (nSPS) is 11.6. The highest BCUT2D eigenvalue weighted by molar-refractivity contribution is 7.99. The molecule has 0 aliphatic heterocycles. The van der Waals surface area contributed by atoms with E-state index in [9.17, 15) is 36.0 Å². The molecule has 0 aliphatic rings. The number of carboxylic acid groups (broad SMARTS) is 1. The molecule has 6 rings (SSSR count). The van der Waals surface area contributed by atoms with Crippen molar-refractivity contribution in [2.75, 3.05) is 79.4 Å². The topological polar surface area (TPSA) is 281 Å². The molecule has 0 fully saturated rings. The van der Waals surface area contributed by atoms with Gasteiger partial charge in [0.15, 0.2) is 0 Å². The fourth-order valence-corrected chi connectivity index (χ4v) is 10.8. The van der Waals surface area contributed by atoms with Crippen molar-refractivity contribution in [3.05, 3.63) is 181 Å². The fraction of sp³-hybridized carbons (Fsp3) is 0.322.